The van der Waals surface area contributed by atoms with E-state index in [4.69, 9.17) is 5.11 Å². The van der Waals surface area contributed by atoms with Gasteiger partial charge in [0.2, 0.25) is 5.91 Å². The van der Waals surface area contributed by atoms with E-state index in [0.29, 0.717) is 46.3 Å². The summed E-state index contributed by atoms with van der Waals surface area (Å²) in [6.45, 7) is 6.71. The molecule has 0 bridgehead atoms. The Morgan fingerprint density at radius 1 is 1.09 bits per heavy atom. The number of carboxylic acid groups (broad SMARTS) is 1. The van der Waals surface area contributed by atoms with E-state index in [2.05, 4.69) is 27.1 Å². The maximum absolute atomic E-state index is 13.8. The van der Waals surface area contributed by atoms with Gasteiger partial charge in [-0.05, 0) is 55.3 Å². The molecule has 2 unspecified atom stereocenters. The van der Waals surface area contributed by atoms with E-state index in [0.717, 1.165) is 44.3 Å². The number of carbonyl (C=O) groups is 3. The lowest BCUT2D eigenvalue weighted by Gasteiger charge is -2.36. The average molecular weight is 668 g/mol. The number of anilines is 1. The van der Waals surface area contributed by atoms with Crippen molar-refractivity contribution in [1.29, 1.82) is 0 Å². The molecule has 1 aromatic heterocycles. The van der Waals surface area contributed by atoms with Crippen LogP contribution in [0.25, 0.3) is 10.2 Å². The van der Waals surface area contributed by atoms with E-state index in [1.807, 2.05) is 11.9 Å². The molecule has 2 aliphatic rings. The molecule has 3 N–H and O–H groups in total. The second kappa shape index (κ2) is 14.8. The molecule has 1 aliphatic heterocycles. The number of rotatable bonds is 13. The zero-order chi connectivity index (χ0) is 32.8. The fraction of sp³-hybridized carbons (Fsp3) is 0.455. The van der Waals surface area contributed by atoms with Crippen LogP contribution < -0.4 is 10.6 Å². The molecule has 3 aromatic rings. The lowest BCUT2D eigenvalue weighted by Crippen LogP contribution is -2.50. The van der Waals surface area contributed by atoms with Gasteiger partial charge in [0, 0.05) is 38.3 Å². The van der Waals surface area contributed by atoms with Gasteiger partial charge in [-0.1, -0.05) is 55.2 Å². The monoisotopic (exact) mass is 667 g/mol. The minimum absolute atomic E-state index is 0.0244. The molecule has 0 radical (unpaired) electrons. The summed E-state index contributed by atoms with van der Waals surface area (Å²) in [5, 5.41) is 14.0. The molecule has 1 saturated carbocycles. The van der Waals surface area contributed by atoms with Crippen LogP contribution in [-0.4, -0.2) is 91.2 Å². The predicted octanol–water partition coefficient (Wildman–Crippen LogP) is 4.34. The van der Waals surface area contributed by atoms with Crippen molar-refractivity contribution in [2.75, 3.05) is 45.1 Å². The first-order valence-electron chi connectivity index (χ1n) is 15.7. The van der Waals surface area contributed by atoms with Crippen LogP contribution in [0.1, 0.15) is 60.4 Å². The second-order valence-corrected chi connectivity index (χ2v) is 15.2. The summed E-state index contributed by atoms with van der Waals surface area (Å²) in [6.07, 6.45) is 6.36. The van der Waals surface area contributed by atoms with Crippen molar-refractivity contribution in [2.45, 2.75) is 54.7 Å². The minimum atomic E-state index is -3.71. The Labute approximate surface area is 273 Å². The number of hydrogen-bond donors (Lipinski definition) is 3. The number of nitrogens with zero attached hydrogens (tertiary/aromatic N) is 3. The molecule has 246 valence electrons. The van der Waals surface area contributed by atoms with Gasteiger partial charge in [-0.2, -0.15) is 0 Å². The average Bonchev–Trinajstić information content (AvgIpc) is 3.70. The highest BCUT2D eigenvalue weighted by Gasteiger charge is 2.33. The fourth-order valence-corrected chi connectivity index (χ4v) is 8.81. The number of aromatic nitrogens is 1. The van der Waals surface area contributed by atoms with Gasteiger partial charge in [-0.3, -0.25) is 19.3 Å². The Hall–Kier alpha value is -3.65. The normalized spacial score (nSPS) is 17.8. The van der Waals surface area contributed by atoms with Crippen molar-refractivity contribution >= 4 is 54.3 Å². The van der Waals surface area contributed by atoms with Crippen LogP contribution in [0, 0.1) is 5.92 Å². The topological polar surface area (TPSA) is 149 Å². The Balaban J connectivity index is 1.33. The molecular weight excluding hydrogens is 627 g/mol. The van der Waals surface area contributed by atoms with Crippen molar-refractivity contribution in [3.05, 3.63) is 66.2 Å². The van der Waals surface area contributed by atoms with E-state index >= 15 is 0 Å². The molecule has 11 nitrogen and oxygen atoms in total. The summed E-state index contributed by atoms with van der Waals surface area (Å²) < 4.78 is 28.0. The van der Waals surface area contributed by atoms with Crippen molar-refractivity contribution in [2.24, 2.45) is 5.92 Å². The second-order valence-electron chi connectivity index (χ2n) is 12.1. The van der Waals surface area contributed by atoms with Crippen LogP contribution in [0.2, 0.25) is 0 Å². The number of hydrogen-bond acceptors (Lipinski definition) is 9. The van der Waals surface area contributed by atoms with Crippen molar-refractivity contribution in [3.63, 3.8) is 0 Å². The number of carboxylic acids is 1. The molecule has 5 rings (SSSR count). The fourth-order valence-electron chi connectivity index (χ4n) is 6.25. The minimum Gasteiger partial charge on any atom is -0.481 e. The molecule has 46 heavy (non-hydrogen) atoms. The Morgan fingerprint density at radius 2 is 1.78 bits per heavy atom. The van der Waals surface area contributed by atoms with Crippen molar-refractivity contribution in [3.8, 4) is 0 Å². The zero-order valence-corrected chi connectivity index (χ0v) is 27.6. The zero-order valence-electron chi connectivity index (χ0n) is 26.0. The molecule has 1 aliphatic carbocycles. The SMILES string of the molecule is C=CC(N1CCN(C)CC1)S(=O)(=O)c1ccc(C(CC2CCCC2)C(=O)Nc2nc3ccc(C(=O)NCCC(=O)O)cc3s2)cc1. The summed E-state index contributed by atoms with van der Waals surface area (Å²) >= 11 is 1.25. The number of thiazole rings is 1. The number of nitrogens with one attached hydrogen (secondary N) is 2. The lowest BCUT2D eigenvalue weighted by atomic mass is 9.87. The number of amides is 2. The van der Waals surface area contributed by atoms with Crippen LogP contribution in [0.15, 0.2) is 60.0 Å². The third kappa shape index (κ3) is 8.00. The number of fused-ring (bicyclic) bond motifs is 1. The quantitative estimate of drug-likeness (QED) is 0.227. The smallest absolute Gasteiger partial charge is 0.305 e. The maximum Gasteiger partial charge on any atom is 0.305 e. The van der Waals surface area contributed by atoms with Crippen LogP contribution in [-0.2, 0) is 19.4 Å². The van der Waals surface area contributed by atoms with E-state index < -0.39 is 27.1 Å². The lowest BCUT2D eigenvalue weighted by molar-refractivity contribution is -0.136. The van der Waals surface area contributed by atoms with Crippen LogP contribution >= 0.6 is 11.3 Å². The number of aliphatic carboxylic acids is 1. The Kier molecular flexibility index (Phi) is 10.9. The maximum atomic E-state index is 13.8. The summed E-state index contributed by atoms with van der Waals surface area (Å²) in [5.74, 6) is -1.68. The van der Waals surface area contributed by atoms with E-state index in [9.17, 15) is 22.8 Å². The van der Waals surface area contributed by atoms with E-state index in [1.54, 1.807) is 42.5 Å². The van der Waals surface area contributed by atoms with Crippen molar-refractivity contribution in [1.82, 2.24) is 20.1 Å². The molecule has 0 spiro atoms. The van der Waals surface area contributed by atoms with Gasteiger partial charge in [0.1, 0.15) is 5.37 Å². The van der Waals surface area contributed by atoms with Crippen molar-refractivity contribution < 1.29 is 27.9 Å². The third-order valence-corrected chi connectivity index (χ3v) is 11.9. The molecule has 2 heterocycles. The molecule has 2 fully saturated rings. The first-order chi connectivity index (χ1) is 22.0. The molecule has 2 amide bonds. The molecule has 2 aromatic carbocycles. The number of sulfone groups is 1. The summed E-state index contributed by atoms with van der Waals surface area (Å²) in [6, 6.07) is 11.7. The number of piperazine rings is 1. The molecule has 2 atom stereocenters. The van der Waals surface area contributed by atoms with E-state index in [-0.39, 0.29) is 29.7 Å². The number of likely N-dealkylation sites (N-methyl/N-ethyl adjacent to an activating group) is 1. The van der Waals surface area contributed by atoms with E-state index in [1.165, 1.54) is 17.4 Å². The van der Waals surface area contributed by atoms with Gasteiger partial charge >= 0.3 is 5.97 Å². The van der Waals surface area contributed by atoms with Gasteiger partial charge in [-0.15, -0.1) is 6.58 Å². The summed E-state index contributed by atoms with van der Waals surface area (Å²) in [5.41, 5.74) is 1.75. The molecule has 13 heteroatoms. The third-order valence-electron chi connectivity index (χ3n) is 8.89. The summed E-state index contributed by atoms with van der Waals surface area (Å²) in [4.78, 5) is 45.9. The van der Waals surface area contributed by atoms with Crippen LogP contribution in [0.5, 0.6) is 0 Å². The standard InChI is InChI=1S/C33H41N5O6S2/c1-3-29(38-18-16-37(2)17-19-38)46(43,44)25-11-8-23(9-12-25)26(20-22-6-4-5-7-22)32(42)36-33-35-27-13-10-24(21-28(27)45-33)31(41)34-15-14-30(39)40/h3,8-13,21-22,26,29H,1,4-7,14-20H2,2H3,(H,34,41)(H,39,40)(H,35,36,42). The van der Waals surface area contributed by atoms with Crippen LogP contribution in [0.3, 0.4) is 0 Å². The number of benzene rings is 2. The molecular formula is C33H41N5O6S2. The van der Waals surface area contributed by atoms with Gasteiger partial charge in [-0.25, -0.2) is 13.4 Å². The summed E-state index contributed by atoms with van der Waals surface area (Å²) in [7, 11) is -1.69. The van der Waals surface area contributed by atoms with Crippen LogP contribution in [0.4, 0.5) is 5.13 Å². The highest BCUT2D eigenvalue weighted by atomic mass is 32.2. The van der Waals surface area contributed by atoms with Gasteiger partial charge in [0.05, 0.1) is 27.5 Å². The Bertz CT molecular complexity index is 1680. The number of carbonyl (C=O) groups excluding carboxylic acids is 2. The first-order valence-corrected chi connectivity index (χ1v) is 18.0. The molecule has 1 saturated heterocycles. The largest absolute Gasteiger partial charge is 0.481 e. The highest BCUT2D eigenvalue weighted by Crippen LogP contribution is 2.36. The highest BCUT2D eigenvalue weighted by molar-refractivity contribution is 7.92. The van der Waals surface area contributed by atoms with Gasteiger partial charge in [0.25, 0.3) is 5.91 Å². The predicted molar refractivity (Wildman–Crippen MR) is 179 cm³/mol. The van der Waals surface area contributed by atoms with Gasteiger partial charge < -0.3 is 20.6 Å². The first kappa shape index (κ1) is 33.7. The van der Waals surface area contributed by atoms with Gasteiger partial charge in [0.15, 0.2) is 15.0 Å². The Morgan fingerprint density at radius 3 is 2.43 bits per heavy atom.